The van der Waals surface area contributed by atoms with E-state index in [0.29, 0.717) is 5.02 Å². The second kappa shape index (κ2) is 7.57. The van der Waals surface area contributed by atoms with Crippen LogP contribution in [0.3, 0.4) is 0 Å². The molecule has 0 aromatic heterocycles. The molecule has 0 amide bonds. The van der Waals surface area contributed by atoms with Crippen molar-refractivity contribution in [2.45, 2.75) is 19.4 Å². The standard InChI is InChI=1S/C13H12ClNO2/c1-2-3-4-9-17-13(10-15-16)11-5-7-12(14)8-6-11/h5-8,13H,2,9H2,1H3. The number of ether oxygens (including phenoxy) is 1. The molecule has 0 fully saturated rings. The molecule has 1 aromatic rings. The Labute approximate surface area is 106 Å². The molecule has 0 aliphatic rings. The van der Waals surface area contributed by atoms with Gasteiger partial charge in [-0.1, -0.05) is 36.6 Å². The summed E-state index contributed by atoms with van der Waals surface area (Å²) in [5.74, 6) is 5.70. The Hall–Kier alpha value is -1.68. The van der Waals surface area contributed by atoms with Gasteiger partial charge in [-0.25, -0.2) is 0 Å². The third-order valence-corrected chi connectivity index (χ3v) is 2.22. The van der Waals surface area contributed by atoms with Crippen LogP contribution in [0.4, 0.5) is 0 Å². The molecule has 88 valence electrons. The van der Waals surface area contributed by atoms with E-state index in [-0.39, 0.29) is 6.61 Å². The fraction of sp³-hybridized carbons (Fsp3) is 0.308. The van der Waals surface area contributed by atoms with Crippen molar-refractivity contribution in [3.63, 3.8) is 0 Å². The molecule has 0 bridgehead atoms. The van der Waals surface area contributed by atoms with Crippen molar-refractivity contribution in [1.29, 1.82) is 0 Å². The van der Waals surface area contributed by atoms with Crippen LogP contribution < -0.4 is 0 Å². The molecular weight excluding hydrogens is 238 g/mol. The number of rotatable bonds is 3. The first kappa shape index (κ1) is 13.4. The van der Waals surface area contributed by atoms with E-state index in [1.807, 2.05) is 6.92 Å². The molecule has 17 heavy (non-hydrogen) atoms. The van der Waals surface area contributed by atoms with Gasteiger partial charge in [-0.3, -0.25) is 0 Å². The molecule has 1 rings (SSSR count). The summed E-state index contributed by atoms with van der Waals surface area (Å²) in [4.78, 5) is 0. The first-order chi connectivity index (χ1) is 8.27. The van der Waals surface area contributed by atoms with E-state index in [4.69, 9.17) is 16.3 Å². The molecule has 0 saturated carbocycles. The van der Waals surface area contributed by atoms with Gasteiger partial charge in [-0.05, 0) is 17.7 Å². The van der Waals surface area contributed by atoms with Crippen LogP contribution in [-0.4, -0.2) is 6.61 Å². The number of hydrogen-bond acceptors (Lipinski definition) is 2. The van der Waals surface area contributed by atoms with E-state index >= 15 is 0 Å². The van der Waals surface area contributed by atoms with Gasteiger partial charge in [0.2, 0.25) is 6.10 Å². The van der Waals surface area contributed by atoms with Crippen molar-refractivity contribution in [2.24, 2.45) is 0 Å². The van der Waals surface area contributed by atoms with Gasteiger partial charge in [0.25, 0.3) is 0 Å². The monoisotopic (exact) mass is 249 g/mol. The lowest BCUT2D eigenvalue weighted by molar-refractivity contribution is 0.121. The number of benzene rings is 1. The van der Waals surface area contributed by atoms with Crippen LogP contribution in [0.2, 0.25) is 5.02 Å². The minimum atomic E-state index is -0.601. The average Bonchev–Trinajstić information content (AvgIpc) is 2.34. The Morgan fingerprint density at radius 2 is 2.06 bits per heavy atom. The number of hydrogen-bond donors (Lipinski definition) is 0. The number of nitrogens with zero attached hydrogens (tertiary/aromatic N) is 1. The van der Waals surface area contributed by atoms with Gasteiger partial charge >= 0.3 is 6.07 Å². The van der Waals surface area contributed by atoms with Gasteiger partial charge in [0, 0.05) is 16.5 Å². The summed E-state index contributed by atoms with van der Waals surface area (Å²) in [6, 6.07) is 9.30. The molecule has 4 heteroatoms. The van der Waals surface area contributed by atoms with Crippen molar-refractivity contribution >= 4 is 11.6 Å². The second-order valence-corrected chi connectivity index (χ2v) is 3.61. The third-order valence-electron chi connectivity index (χ3n) is 1.97. The molecular formula is C13H12ClNO2. The fourth-order valence-electron chi connectivity index (χ4n) is 1.19. The van der Waals surface area contributed by atoms with E-state index in [2.05, 4.69) is 22.9 Å². The van der Waals surface area contributed by atoms with Crippen LogP contribution >= 0.6 is 11.6 Å². The molecule has 0 spiro atoms. The van der Waals surface area contributed by atoms with Gasteiger partial charge < -0.3 is 9.94 Å². The molecule has 3 nitrogen and oxygen atoms in total. The zero-order chi connectivity index (χ0) is 12.5. The lowest BCUT2D eigenvalue weighted by atomic mass is 10.1. The molecule has 0 saturated heterocycles. The highest BCUT2D eigenvalue weighted by molar-refractivity contribution is 6.30. The van der Waals surface area contributed by atoms with Crippen molar-refractivity contribution in [1.82, 2.24) is 0 Å². The Balaban J connectivity index is 2.71. The minimum absolute atomic E-state index is 0.240. The molecule has 0 heterocycles. The largest absolute Gasteiger partial charge is 0.498 e. The summed E-state index contributed by atoms with van der Waals surface area (Å²) in [6.07, 6.45) is 0.171. The first-order valence-electron chi connectivity index (χ1n) is 5.18. The highest BCUT2D eigenvalue weighted by Crippen LogP contribution is 2.19. The zero-order valence-electron chi connectivity index (χ0n) is 9.44. The van der Waals surface area contributed by atoms with E-state index in [0.717, 1.165) is 12.0 Å². The van der Waals surface area contributed by atoms with Crippen LogP contribution in [0.15, 0.2) is 24.3 Å². The van der Waals surface area contributed by atoms with Crippen molar-refractivity contribution in [3.8, 4) is 17.9 Å². The predicted octanol–water partition coefficient (Wildman–Crippen LogP) is 3.64. The van der Waals surface area contributed by atoms with E-state index < -0.39 is 6.10 Å². The molecule has 1 aromatic carbocycles. The Morgan fingerprint density at radius 1 is 1.35 bits per heavy atom. The quantitative estimate of drug-likeness (QED) is 0.606. The van der Waals surface area contributed by atoms with Crippen LogP contribution in [0.1, 0.15) is 25.0 Å². The van der Waals surface area contributed by atoms with Crippen LogP contribution in [-0.2, 0) is 4.74 Å². The summed E-state index contributed by atoms with van der Waals surface area (Å²) in [7, 11) is 0. The minimum Gasteiger partial charge on any atom is -0.498 e. The van der Waals surface area contributed by atoms with Gasteiger partial charge in [-0.15, -0.1) is 5.92 Å². The van der Waals surface area contributed by atoms with E-state index in [1.54, 1.807) is 24.3 Å². The summed E-state index contributed by atoms with van der Waals surface area (Å²) in [6.45, 7) is 2.19. The molecule has 1 unspecified atom stereocenters. The topological polar surface area (TPSA) is 36.6 Å². The SMILES string of the molecule is CCC#CCOC(C#[N+][O-])c1ccc(Cl)cc1. The number of halogens is 1. The highest BCUT2D eigenvalue weighted by atomic mass is 35.5. The van der Waals surface area contributed by atoms with Crippen LogP contribution in [0.25, 0.3) is 5.01 Å². The van der Waals surface area contributed by atoms with Gasteiger partial charge in [0.15, 0.2) is 0 Å². The normalized spacial score (nSPS) is 10.7. The van der Waals surface area contributed by atoms with E-state index in [9.17, 15) is 5.21 Å². The summed E-state index contributed by atoms with van der Waals surface area (Å²) >= 11 is 5.77. The predicted molar refractivity (Wildman–Crippen MR) is 68.8 cm³/mol. The second-order valence-electron chi connectivity index (χ2n) is 3.17. The van der Waals surface area contributed by atoms with E-state index in [1.165, 1.54) is 0 Å². The highest BCUT2D eigenvalue weighted by Gasteiger charge is 2.14. The van der Waals surface area contributed by atoms with Gasteiger partial charge in [-0.2, -0.15) is 0 Å². The van der Waals surface area contributed by atoms with Crippen LogP contribution in [0, 0.1) is 23.1 Å². The maximum Gasteiger partial charge on any atom is 0.335 e. The Kier molecular flexibility index (Phi) is 5.96. The molecule has 0 N–H and O–H groups in total. The fourth-order valence-corrected chi connectivity index (χ4v) is 1.32. The maximum absolute atomic E-state index is 10.2. The zero-order valence-corrected chi connectivity index (χ0v) is 10.2. The molecule has 0 aliphatic carbocycles. The van der Waals surface area contributed by atoms with Crippen LogP contribution in [0.5, 0.6) is 0 Å². The van der Waals surface area contributed by atoms with Crippen molar-refractivity contribution < 1.29 is 4.74 Å². The molecule has 0 aliphatic heterocycles. The lowest BCUT2D eigenvalue weighted by Crippen LogP contribution is -2.02. The average molecular weight is 250 g/mol. The van der Waals surface area contributed by atoms with Gasteiger partial charge in [0.05, 0.1) is 0 Å². The Morgan fingerprint density at radius 3 is 2.65 bits per heavy atom. The first-order valence-corrected chi connectivity index (χ1v) is 5.56. The van der Waals surface area contributed by atoms with Gasteiger partial charge in [0.1, 0.15) is 6.61 Å². The molecule has 0 radical (unpaired) electrons. The summed E-state index contributed by atoms with van der Waals surface area (Å²) in [5.41, 5.74) is 0.771. The Bertz CT molecular complexity index is 462. The third kappa shape index (κ3) is 4.78. The summed E-state index contributed by atoms with van der Waals surface area (Å²) in [5, 5.41) is 13.5. The maximum atomic E-state index is 10.2. The van der Waals surface area contributed by atoms with Crippen molar-refractivity contribution in [3.05, 3.63) is 45.1 Å². The smallest absolute Gasteiger partial charge is 0.335 e. The molecule has 1 atom stereocenters. The van der Waals surface area contributed by atoms with Crippen molar-refractivity contribution in [2.75, 3.05) is 6.61 Å². The lowest BCUT2D eigenvalue weighted by Gasteiger charge is -2.05. The summed E-state index contributed by atoms with van der Waals surface area (Å²) < 4.78 is 5.39.